The van der Waals surface area contributed by atoms with Crippen molar-refractivity contribution in [3.8, 4) is 11.5 Å². The molecule has 0 spiro atoms. The number of methoxy groups -OCH3 is 1. The van der Waals surface area contributed by atoms with Crippen LogP contribution in [0.25, 0.3) is 6.08 Å². The van der Waals surface area contributed by atoms with Crippen LogP contribution in [-0.4, -0.2) is 25.6 Å². The van der Waals surface area contributed by atoms with Gasteiger partial charge in [0.05, 0.1) is 13.7 Å². The maximum absolute atomic E-state index is 13.0. The zero-order chi connectivity index (χ0) is 19.2. The standard InChI is InChI=1S/C21H20FNO4/c1-3-4-11-26-18-10-5-14(13-19(18)25-2)12-17-21(24)27-20(23-17)15-6-8-16(22)9-7-15/h5-10,12-13H,3-4,11H2,1-2H3/b17-12-. The van der Waals surface area contributed by atoms with Gasteiger partial charge in [-0.3, -0.25) is 0 Å². The van der Waals surface area contributed by atoms with Crippen molar-refractivity contribution in [2.24, 2.45) is 4.99 Å². The first-order valence-electron chi connectivity index (χ1n) is 8.70. The first-order valence-corrected chi connectivity index (χ1v) is 8.70. The zero-order valence-electron chi connectivity index (χ0n) is 15.2. The Morgan fingerprint density at radius 2 is 1.93 bits per heavy atom. The molecule has 0 fully saturated rings. The number of carbonyl (C=O) groups excluding carboxylic acids is 1. The fourth-order valence-electron chi connectivity index (χ4n) is 2.50. The lowest BCUT2D eigenvalue weighted by Crippen LogP contribution is -2.05. The molecule has 0 aliphatic carbocycles. The van der Waals surface area contributed by atoms with Crippen LogP contribution in [0.5, 0.6) is 11.5 Å². The van der Waals surface area contributed by atoms with Gasteiger partial charge < -0.3 is 14.2 Å². The van der Waals surface area contributed by atoms with E-state index in [0.717, 1.165) is 18.4 Å². The van der Waals surface area contributed by atoms with Crippen LogP contribution < -0.4 is 9.47 Å². The van der Waals surface area contributed by atoms with Crippen molar-refractivity contribution < 1.29 is 23.4 Å². The first-order chi connectivity index (χ1) is 13.1. The van der Waals surface area contributed by atoms with Crippen LogP contribution >= 0.6 is 0 Å². The van der Waals surface area contributed by atoms with E-state index < -0.39 is 5.97 Å². The molecule has 0 bridgehead atoms. The van der Waals surface area contributed by atoms with Crippen LogP contribution in [0, 0.1) is 5.82 Å². The summed E-state index contributed by atoms with van der Waals surface area (Å²) >= 11 is 0. The average molecular weight is 369 g/mol. The lowest BCUT2D eigenvalue weighted by atomic mass is 10.1. The number of aliphatic imine (C=N–C) groups is 1. The predicted octanol–water partition coefficient (Wildman–Crippen LogP) is 4.36. The van der Waals surface area contributed by atoms with Gasteiger partial charge in [0.2, 0.25) is 5.90 Å². The summed E-state index contributed by atoms with van der Waals surface area (Å²) in [6.45, 7) is 2.71. The fourth-order valence-corrected chi connectivity index (χ4v) is 2.50. The van der Waals surface area contributed by atoms with E-state index in [9.17, 15) is 9.18 Å². The molecular weight excluding hydrogens is 349 g/mol. The summed E-state index contributed by atoms with van der Waals surface area (Å²) in [6, 6.07) is 11.0. The SMILES string of the molecule is CCCCOc1ccc(/C=C2\N=C(c3ccc(F)cc3)OC2=O)cc1OC. The van der Waals surface area contributed by atoms with Crippen LogP contribution in [0.3, 0.4) is 0 Å². The van der Waals surface area contributed by atoms with Crippen molar-refractivity contribution in [3.63, 3.8) is 0 Å². The molecule has 0 N–H and O–H groups in total. The summed E-state index contributed by atoms with van der Waals surface area (Å²) < 4.78 is 29.3. The van der Waals surface area contributed by atoms with Crippen molar-refractivity contribution in [2.45, 2.75) is 19.8 Å². The summed E-state index contributed by atoms with van der Waals surface area (Å²) in [5.41, 5.74) is 1.42. The van der Waals surface area contributed by atoms with E-state index in [-0.39, 0.29) is 17.4 Å². The second-order valence-electron chi connectivity index (χ2n) is 5.96. The largest absolute Gasteiger partial charge is 0.493 e. The van der Waals surface area contributed by atoms with Crippen molar-refractivity contribution in [1.82, 2.24) is 0 Å². The maximum atomic E-state index is 13.0. The number of hydrogen-bond acceptors (Lipinski definition) is 5. The van der Waals surface area contributed by atoms with Crippen molar-refractivity contribution >= 4 is 17.9 Å². The van der Waals surface area contributed by atoms with E-state index in [0.29, 0.717) is 23.7 Å². The van der Waals surface area contributed by atoms with Gasteiger partial charge in [-0.25, -0.2) is 14.2 Å². The van der Waals surface area contributed by atoms with Gasteiger partial charge in [0.1, 0.15) is 5.82 Å². The fraction of sp³-hybridized carbons (Fsp3) is 0.238. The summed E-state index contributed by atoms with van der Waals surface area (Å²) in [4.78, 5) is 16.3. The molecule has 1 aliphatic rings. The Morgan fingerprint density at radius 1 is 1.15 bits per heavy atom. The number of rotatable bonds is 7. The summed E-state index contributed by atoms with van der Waals surface area (Å²) in [7, 11) is 1.56. The van der Waals surface area contributed by atoms with Gasteiger partial charge in [-0.2, -0.15) is 0 Å². The summed E-state index contributed by atoms with van der Waals surface area (Å²) in [5, 5.41) is 0. The van der Waals surface area contributed by atoms with E-state index >= 15 is 0 Å². The Balaban J connectivity index is 1.82. The van der Waals surface area contributed by atoms with Crippen molar-refractivity contribution in [1.29, 1.82) is 0 Å². The second kappa shape index (κ2) is 8.49. The maximum Gasteiger partial charge on any atom is 0.363 e. The summed E-state index contributed by atoms with van der Waals surface area (Å²) in [6.07, 6.45) is 3.61. The number of esters is 1. The lowest BCUT2D eigenvalue weighted by molar-refractivity contribution is -0.129. The van der Waals surface area contributed by atoms with Gasteiger partial charge in [-0.15, -0.1) is 0 Å². The van der Waals surface area contributed by atoms with Gasteiger partial charge in [-0.1, -0.05) is 19.4 Å². The third-order valence-electron chi connectivity index (χ3n) is 3.96. The first kappa shape index (κ1) is 18.6. The Kier molecular flexibility index (Phi) is 5.86. The molecule has 0 aromatic heterocycles. The van der Waals surface area contributed by atoms with E-state index in [2.05, 4.69) is 11.9 Å². The molecule has 0 unspecified atom stereocenters. The molecule has 0 saturated carbocycles. The lowest BCUT2D eigenvalue weighted by Gasteiger charge is -2.10. The molecule has 6 heteroatoms. The summed E-state index contributed by atoms with van der Waals surface area (Å²) in [5.74, 6) is 0.453. The number of ether oxygens (including phenoxy) is 3. The van der Waals surface area contributed by atoms with E-state index in [4.69, 9.17) is 14.2 Å². The molecular formula is C21H20FNO4. The third-order valence-corrected chi connectivity index (χ3v) is 3.96. The number of cyclic esters (lactones) is 1. The minimum absolute atomic E-state index is 0.151. The van der Waals surface area contributed by atoms with Gasteiger partial charge in [0, 0.05) is 5.56 Å². The monoisotopic (exact) mass is 369 g/mol. The van der Waals surface area contributed by atoms with Gasteiger partial charge in [0.15, 0.2) is 17.2 Å². The third kappa shape index (κ3) is 4.53. The Morgan fingerprint density at radius 3 is 2.63 bits per heavy atom. The minimum Gasteiger partial charge on any atom is -0.493 e. The topological polar surface area (TPSA) is 57.1 Å². The van der Waals surface area contributed by atoms with Gasteiger partial charge in [0.25, 0.3) is 0 Å². The molecule has 0 amide bonds. The van der Waals surface area contributed by atoms with Gasteiger partial charge >= 0.3 is 5.97 Å². The average Bonchev–Trinajstić information content (AvgIpc) is 3.04. The van der Waals surface area contributed by atoms with Crippen LogP contribution in [0.15, 0.2) is 53.2 Å². The van der Waals surface area contributed by atoms with Crippen LogP contribution in [0.2, 0.25) is 0 Å². The smallest absolute Gasteiger partial charge is 0.363 e. The van der Waals surface area contributed by atoms with E-state index in [1.165, 1.54) is 24.3 Å². The highest BCUT2D eigenvalue weighted by atomic mass is 19.1. The van der Waals surface area contributed by atoms with E-state index in [1.54, 1.807) is 25.3 Å². The number of carbonyl (C=O) groups is 1. The molecule has 0 atom stereocenters. The Bertz CT molecular complexity index is 888. The zero-order valence-corrected chi connectivity index (χ0v) is 15.2. The molecule has 2 aromatic carbocycles. The number of nitrogens with zero attached hydrogens (tertiary/aromatic N) is 1. The Hall–Kier alpha value is -3.15. The second-order valence-corrected chi connectivity index (χ2v) is 5.96. The highest BCUT2D eigenvalue weighted by Crippen LogP contribution is 2.30. The van der Waals surface area contributed by atoms with Crippen LogP contribution in [0.4, 0.5) is 4.39 Å². The van der Waals surface area contributed by atoms with Crippen LogP contribution in [0.1, 0.15) is 30.9 Å². The number of halogens is 1. The minimum atomic E-state index is -0.559. The molecule has 140 valence electrons. The highest BCUT2D eigenvalue weighted by molar-refractivity contribution is 6.12. The number of hydrogen-bond donors (Lipinski definition) is 0. The number of unbranched alkanes of at least 4 members (excludes halogenated alkanes) is 1. The molecule has 0 radical (unpaired) electrons. The molecule has 0 saturated heterocycles. The van der Waals surface area contributed by atoms with Gasteiger partial charge in [-0.05, 0) is 54.5 Å². The Labute approximate surface area is 157 Å². The highest BCUT2D eigenvalue weighted by Gasteiger charge is 2.24. The molecule has 3 rings (SSSR count). The van der Waals surface area contributed by atoms with Crippen LogP contribution in [-0.2, 0) is 9.53 Å². The molecule has 2 aromatic rings. The molecule has 5 nitrogen and oxygen atoms in total. The molecule has 1 aliphatic heterocycles. The van der Waals surface area contributed by atoms with Crippen molar-refractivity contribution in [2.75, 3.05) is 13.7 Å². The normalized spacial score (nSPS) is 14.9. The molecule has 1 heterocycles. The molecule has 27 heavy (non-hydrogen) atoms. The number of benzene rings is 2. The van der Waals surface area contributed by atoms with Crippen molar-refractivity contribution in [3.05, 3.63) is 65.1 Å². The quantitative estimate of drug-likeness (QED) is 0.413. The van der Waals surface area contributed by atoms with E-state index in [1.807, 2.05) is 6.07 Å². The predicted molar refractivity (Wildman–Crippen MR) is 100 cm³/mol.